The molecular weight excluding hydrogens is 470 g/mol. The van der Waals surface area contributed by atoms with Crippen molar-refractivity contribution < 1.29 is 9.47 Å². The third-order valence-corrected chi connectivity index (χ3v) is 7.70. The Morgan fingerprint density at radius 3 is 2.76 bits per heavy atom. The van der Waals surface area contributed by atoms with Crippen LogP contribution in [0.3, 0.4) is 0 Å². The van der Waals surface area contributed by atoms with Crippen LogP contribution in [0.5, 0.6) is 5.75 Å². The van der Waals surface area contributed by atoms with Crippen molar-refractivity contribution in [1.82, 2.24) is 35.0 Å². The van der Waals surface area contributed by atoms with Gasteiger partial charge in [0.25, 0.3) is 5.56 Å². The van der Waals surface area contributed by atoms with Crippen LogP contribution in [0.1, 0.15) is 69.4 Å². The molecule has 1 atom stereocenters. The van der Waals surface area contributed by atoms with Crippen LogP contribution in [0.15, 0.2) is 29.1 Å². The van der Waals surface area contributed by atoms with E-state index in [9.17, 15) is 4.79 Å². The van der Waals surface area contributed by atoms with Gasteiger partial charge in [-0.2, -0.15) is 0 Å². The number of H-pyrrole nitrogens is 1. The summed E-state index contributed by atoms with van der Waals surface area (Å²) in [5.41, 5.74) is 1.49. The first kappa shape index (κ1) is 25.8. The minimum absolute atomic E-state index is 0.0153. The summed E-state index contributed by atoms with van der Waals surface area (Å²) in [6, 6.07) is 8.18. The molecule has 0 unspecified atom stereocenters. The van der Waals surface area contributed by atoms with Crippen molar-refractivity contribution in [2.45, 2.75) is 64.6 Å². The van der Waals surface area contributed by atoms with Gasteiger partial charge < -0.3 is 14.5 Å². The number of aromatic nitrogens is 5. The molecule has 2 aliphatic rings. The monoisotopic (exact) mass is 509 g/mol. The number of morpholine rings is 1. The molecule has 1 saturated heterocycles. The molecule has 1 aliphatic heterocycles. The number of nitrogens with zero attached hydrogens (tertiary/aromatic N) is 6. The van der Waals surface area contributed by atoms with Crippen LogP contribution in [0, 0.1) is 0 Å². The number of nitrogens with one attached hydrogen (secondary N) is 1. The Labute approximate surface area is 217 Å². The van der Waals surface area contributed by atoms with Crippen LogP contribution < -0.4 is 10.3 Å². The Bertz CT molecular complexity index is 1210. The van der Waals surface area contributed by atoms with Gasteiger partial charge in [-0.15, -0.1) is 5.10 Å². The quantitative estimate of drug-likeness (QED) is 0.420. The van der Waals surface area contributed by atoms with Crippen LogP contribution in [-0.2, 0) is 11.3 Å². The van der Waals surface area contributed by atoms with Crippen molar-refractivity contribution in [3.63, 3.8) is 0 Å². The zero-order valence-electron chi connectivity index (χ0n) is 22.1. The molecule has 2 aromatic heterocycles. The van der Waals surface area contributed by atoms with Crippen molar-refractivity contribution in [1.29, 1.82) is 0 Å². The summed E-state index contributed by atoms with van der Waals surface area (Å²) in [6.07, 6.45) is 5.54. The van der Waals surface area contributed by atoms with Gasteiger partial charge in [0.15, 0.2) is 5.82 Å². The number of aromatic amines is 1. The lowest BCUT2D eigenvalue weighted by Gasteiger charge is -2.34. The largest absolute Gasteiger partial charge is 0.494 e. The van der Waals surface area contributed by atoms with E-state index in [1.165, 1.54) is 12.8 Å². The van der Waals surface area contributed by atoms with Gasteiger partial charge in [0.05, 0.1) is 31.9 Å². The number of ether oxygens (including phenoxy) is 2. The normalized spacial score (nSPS) is 18.1. The molecule has 10 nitrogen and oxygen atoms in total. The maximum Gasteiger partial charge on any atom is 0.252 e. The number of fused-ring (bicyclic) bond motifs is 1. The lowest BCUT2D eigenvalue weighted by molar-refractivity contribution is 0.0291. The first-order valence-corrected chi connectivity index (χ1v) is 13.8. The van der Waals surface area contributed by atoms with Crippen LogP contribution in [0.25, 0.3) is 10.9 Å². The van der Waals surface area contributed by atoms with Crippen molar-refractivity contribution in [2.75, 3.05) is 46.0 Å². The van der Waals surface area contributed by atoms with Crippen molar-refractivity contribution in [3.8, 4) is 5.75 Å². The van der Waals surface area contributed by atoms with Gasteiger partial charge in [0.2, 0.25) is 0 Å². The SMILES string of the molecule is CCOc1ccc2[nH]c(=O)c(CN(CCN3CCOCC3)[C@H](CC)c3nnnn3C3CCCC3)cc2c1. The number of tetrazole rings is 1. The van der Waals surface area contributed by atoms with E-state index in [0.717, 1.165) is 86.7 Å². The highest BCUT2D eigenvalue weighted by molar-refractivity contribution is 5.80. The number of pyridine rings is 1. The molecule has 2 fully saturated rings. The van der Waals surface area contributed by atoms with Crippen LogP contribution in [0.4, 0.5) is 0 Å². The van der Waals surface area contributed by atoms with Crippen LogP contribution >= 0.6 is 0 Å². The standard InChI is InChI=1S/C27H39N7O3/c1-3-25(26-29-30-31-34(26)22-7-5-6-8-22)33(12-11-32-13-15-36-16-14-32)19-21-17-20-18-23(37-4-2)9-10-24(20)28-27(21)35/h9-10,17-18,22,25H,3-8,11-16,19H2,1-2H3,(H,28,35)/t25-/m1/s1. The molecule has 3 aromatic rings. The first-order valence-electron chi connectivity index (χ1n) is 13.8. The molecule has 3 heterocycles. The van der Waals surface area contributed by atoms with E-state index >= 15 is 0 Å². The zero-order valence-corrected chi connectivity index (χ0v) is 22.1. The molecule has 1 saturated carbocycles. The summed E-state index contributed by atoms with van der Waals surface area (Å²) in [6.45, 7) is 10.4. The van der Waals surface area contributed by atoms with E-state index in [2.05, 4.69) is 41.9 Å². The predicted molar refractivity (Wildman–Crippen MR) is 142 cm³/mol. The highest BCUT2D eigenvalue weighted by Gasteiger charge is 2.30. The zero-order chi connectivity index (χ0) is 25.6. The van der Waals surface area contributed by atoms with Gasteiger partial charge in [-0.3, -0.25) is 14.6 Å². The van der Waals surface area contributed by atoms with Crippen molar-refractivity contribution in [2.24, 2.45) is 0 Å². The molecular formula is C27H39N7O3. The van der Waals surface area contributed by atoms with Crippen LogP contribution in [0.2, 0.25) is 0 Å². The second-order valence-corrected chi connectivity index (χ2v) is 10.1. The lowest BCUT2D eigenvalue weighted by atomic mass is 10.1. The molecule has 1 aliphatic carbocycles. The summed E-state index contributed by atoms with van der Waals surface area (Å²) in [7, 11) is 0. The van der Waals surface area contributed by atoms with Gasteiger partial charge >= 0.3 is 0 Å². The fourth-order valence-corrected chi connectivity index (χ4v) is 5.70. The summed E-state index contributed by atoms with van der Waals surface area (Å²) < 4.78 is 13.3. The molecule has 0 radical (unpaired) electrons. The molecule has 10 heteroatoms. The lowest BCUT2D eigenvalue weighted by Crippen LogP contribution is -2.43. The molecule has 0 bridgehead atoms. The number of rotatable bonds is 11. The van der Waals surface area contributed by atoms with Gasteiger partial charge in [-0.25, -0.2) is 4.68 Å². The summed E-state index contributed by atoms with van der Waals surface area (Å²) >= 11 is 0. The topological polar surface area (TPSA) is 101 Å². The molecule has 1 N–H and O–H groups in total. The number of benzene rings is 1. The average Bonchev–Trinajstić information content (AvgIpc) is 3.61. The maximum absolute atomic E-state index is 13.2. The Balaban J connectivity index is 1.45. The van der Waals surface area contributed by atoms with E-state index in [0.29, 0.717) is 19.2 Å². The fourth-order valence-electron chi connectivity index (χ4n) is 5.70. The van der Waals surface area contributed by atoms with Gasteiger partial charge in [-0.1, -0.05) is 19.8 Å². The maximum atomic E-state index is 13.2. The van der Waals surface area contributed by atoms with E-state index in [1.807, 2.05) is 31.2 Å². The van der Waals surface area contributed by atoms with Crippen LogP contribution in [-0.4, -0.2) is 81.0 Å². The molecule has 200 valence electrons. The summed E-state index contributed by atoms with van der Waals surface area (Å²) in [5, 5.41) is 14.0. The fraction of sp³-hybridized carbons (Fsp3) is 0.630. The average molecular weight is 510 g/mol. The molecule has 5 rings (SSSR count). The molecule has 1 aromatic carbocycles. The van der Waals surface area contributed by atoms with E-state index in [-0.39, 0.29) is 11.6 Å². The van der Waals surface area contributed by atoms with E-state index in [4.69, 9.17) is 9.47 Å². The smallest absolute Gasteiger partial charge is 0.252 e. The summed E-state index contributed by atoms with van der Waals surface area (Å²) in [5.74, 6) is 1.71. The van der Waals surface area contributed by atoms with Crippen molar-refractivity contribution >= 4 is 10.9 Å². The minimum Gasteiger partial charge on any atom is -0.494 e. The van der Waals surface area contributed by atoms with Crippen molar-refractivity contribution in [3.05, 3.63) is 46.0 Å². The summed E-state index contributed by atoms with van der Waals surface area (Å²) in [4.78, 5) is 21.1. The van der Waals surface area contributed by atoms with Gasteiger partial charge in [-0.05, 0) is 60.9 Å². The predicted octanol–water partition coefficient (Wildman–Crippen LogP) is 3.31. The Morgan fingerprint density at radius 2 is 2.00 bits per heavy atom. The van der Waals surface area contributed by atoms with E-state index in [1.54, 1.807) is 0 Å². The minimum atomic E-state index is -0.0572. The third kappa shape index (κ3) is 6.02. The van der Waals surface area contributed by atoms with E-state index < -0.39 is 0 Å². The Morgan fingerprint density at radius 1 is 1.19 bits per heavy atom. The number of hydrogen-bond acceptors (Lipinski definition) is 8. The molecule has 37 heavy (non-hydrogen) atoms. The highest BCUT2D eigenvalue weighted by Crippen LogP contribution is 2.33. The molecule has 0 amide bonds. The third-order valence-electron chi connectivity index (χ3n) is 7.70. The first-order chi connectivity index (χ1) is 18.2. The van der Waals surface area contributed by atoms with Gasteiger partial charge in [0, 0.05) is 49.2 Å². The Hall–Kier alpha value is -2.82. The second kappa shape index (κ2) is 12.1. The highest BCUT2D eigenvalue weighted by atomic mass is 16.5. The molecule has 0 spiro atoms. The second-order valence-electron chi connectivity index (χ2n) is 10.1. The van der Waals surface area contributed by atoms with Gasteiger partial charge in [0.1, 0.15) is 5.75 Å². The Kier molecular flexibility index (Phi) is 8.48. The number of hydrogen-bond donors (Lipinski definition) is 1.